The van der Waals surface area contributed by atoms with Crippen LogP contribution in [0, 0.1) is 6.92 Å². The number of benzene rings is 1. The zero-order chi connectivity index (χ0) is 12.7. The molecule has 2 aromatic rings. The van der Waals surface area contributed by atoms with Gasteiger partial charge in [0.2, 0.25) is 0 Å². The molecule has 4 nitrogen and oxygen atoms in total. The molecule has 2 heterocycles. The van der Waals surface area contributed by atoms with Crippen molar-refractivity contribution in [2.75, 3.05) is 20.1 Å². The van der Waals surface area contributed by atoms with Gasteiger partial charge in [0.25, 0.3) is 5.91 Å². The van der Waals surface area contributed by atoms with E-state index in [0.29, 0.717) is 6.04 Å². The second-order valence-corrected chi connectivity index (χ2v) is 6.04. The molecule has 0 aliphatic carbocycles. The Morgan fingerprint density at radius 3 is 3.00 bits per heavy atom. The lowest BCUT2D eigenvalue weighted by molar-refractivity contribution is 0.0858. The lowest BCUT2D eigenvalue weighted by Gasteiger charge is -2.36. The van der Waals surface area contributed by atoms with Gasteiger partial charge in [0.15, 0.2) is 0 Å². The van der Waals surface area contributed by atoms with Crippen molar-refractivity contribution in [1.29, 1.82) is 0 Å². The number of aromatic nitrogens is 1. The van der Waals surface area contributed by atoms with E-state index < -0.39 is 0 Å². The Hall–Kier alpha value is -1.46. The van der Waals surface area contributed by atoms with Crippen molar-refractivity contribution in [2.24, 2.45) is 0 Å². The number of nitrogens with zero attached hydrogens (tertiary/aromatic N) is 2. The Labute approximate surface area is 110 Å². The summed E-state index contributed by atoms with van der Waals surface area (Å²) in [4.78, 5) is 18.6. The average Bonchev–Trinajstić information content (AvgIpc) is 2.65. The third-order valence-corrected chi connectivity index (χ3v) is 4.09. The Morgan fingerprint density at radius 1 is 1.50 bits per heavy atom. The first kappa shape index (κ1) is 11.6. The highest BCUT2D eigenvalue weighted by atomic mass is 32.1. The minimum atomic E-state index is 0.0149. The van der Waals surface area contributed by atoms with Crippen LogP contribution in [0.5, 0.6) is 0 Å². The number of amides is 1. The van der Waals surface area contributed by atoms with Gasteiger partial charge in [-0.15, -0.1) is 11.3 Å². The number of fused-ring (bicyclic) bond motifs is 1. The van der Waals surface area contributed by atoms with Crippen LogP contribution in [-0.2, 0) is 0 Å². The predicted molar refractivity (Wildman–Crippen MR) is 73.1 cm³/mol. The average molecular weight is 261 g/mol. The summed E-state index contributed by atoms with van der Waals surface area (Å²) in [5.74, 6) is 0.0149. The van der Waals surface area contributed by atoms with Gasteiger partial charge in [-0.3, -0.25) is 4.79 Å². The molecule has 1 saturated heterocycles. The number of aryl methyl sites for hydroxylation is 1. The number of hydrogen-bond donors (Lipinski definition) is 1. The fraction of sp³-hybridized carbons (Fsp3) is 0.385. The summed E-state index contributed by atoms with van der Waals surface area (Å²) >= 11 is 1.62. The molecule has 1 aromatic carbocycles. The molecule has 1 amide bonds. The van der Waals surface area contributed by atoms with E-state index in [0.717, 1.165) is 33.9 Å². The fourth-order valence-corrected chi connectivity index (χ4v) is 3.11. The molecule has 0 radical (unpaired) electrons. The Morgan fingerprint density at radius 2 is 2.28 bits per heavy atom. The molecule has 18 heavy (non-hydrogen) atoms. The summed E-state index contributed by atoms with van der Waals surface area (Å²) in [7, 11) is 2.05. The van der Waals surface area contributed by atoms with Crippen LogP contribution in [0.3, 0.4) is 0 Å². The Balaban J connectivity index is 1.78. The number of rotatable bonds is 2. The zero-order valence-electron chi connectivity index (χ0n) is 10.4. The first-order valence-electron chi connectivity index (χ1n) is 5.98. The maximum atomic E-state index is 12.1. The number of carbonyl (C=O) groups excluding carboxylic acids is 1. The highest BCUT2D eigenvalue weighted by Gasteiger charge is 2.24. The van der Waals surface area contributed by atoms with Crippen molar-refractivity contribution < 1.29 is 4.79 Å². The molecule has 1 fully saturated rings. The third-order valence-electron chi connectivity index (χ3n) is 3.16. The summed E-state index contributed by atoms with van der Waals surface area (Å²) in [6.07, 6.45) is 0. The van der Waals surface area contributed by atoms with Gasteiger partial charge in [-0.05, 0) is 32.2 Å². The van der Waals surface area contributed by atoms with E-state index in [9.17, 15) is 4.79 Å². The second-order valence-electron chi connectivity index (χ2n) is 4.81. The number of carbonyl (C=O) groups is 1. The molecule has 94 valence electrons. The molecule has 1 aliphatic rings. The van der Waals surface area contributed by atoms with E-state index in [4.69, 9.17) is 0 Å². The molecule has 1 N–H and O–H groups in total. The van der Waals surface area contributed by atoms with Gasteiger partial charge in [0.05, 0.1) is 21.3 Å². The van der Waals surface area contributed by atoms with Crippen LogP contribution in [0.25, 0.3) is 10.2 Å². The van der Waals surface area contributed by atoms with E-state index >= 15 is 0 Å². The largest absolute Gasteiger partial charge is 0.347 e. The van der Waals surface area contributed by atoms with Crippen LogP contribution < -0.4 is 5.32 Å². The van der Waals surface area contributed by atoms with Gasteiger partial charge in [-0.1, -0.05) is 0 Å². The molecule has 0 unspecified atom stereocenters. The Bertz CT molecular complexity index is 601. The molecule has 3 rings (SSSR count). The van der Waals surface area contributed by atoms with Gasteiger partial charge in [-0.25, -0.2) is 4.98 Å². The summed E-state index contributed by atoms with van der Waals surface area (Å²) in [5, 5.41) is 4.07. The lowest BCUT2D eigenvalue weighted by Crippen LogP contribution is -2.57. The SMILES string of the molecule is Cc1nc2ccc(C(=O)NC3CN(C)C3)cc2s1. The van der Waals surface area contributed by atoms with Crippen molar-refractivity contribution in [3.05, 3.63) is 28.8 Å². The summed E-state index contributed by atoms with van der Waals surface area (Å²) in [6, 6.07) is 5.98. The van der Waals surface area contributed by atoms with E-state index in [2.05, 4.69) is 22.2 Å². The van der Waals surface area contributed by atoms with Gasteiger partial charge in [-0.2, -0.15) is 0 Å². The monoisotopic (exact) mass is 261 g/mol. The van der Waals surface area contributed by atoms with E-state index in [1.807, 2.05) is 25.1 Å². The topological polar surface area (TPSA) is 45.2 Å². The molecule has 1 aliphatic heterocycles. The van der Waals surface area contributed by atoms with Gasteiger partial charge in [0.1, 0.15) is 0 Å². The van der Waals surface area contributed by atoms with Crippen molar-refractivity contribution in [3.8, 4) is 0 Å². The molecular formula is C13H15N3OS. The molecule has 5 heteroatoms. The number of thiazole rings is 1. The highest BCUT2D eigenvalue weighted by Crippen LogP contribution is 2.22. The molecule has 0 spiro atoms. The maximum absolute atomic E-state index is 12.1. The van der Waals surface area contributed by atoms with Gasteiger partial charge in [0, 0.05) is 18.7 Å². The number of likely N-dealkylation sites (N-methyl/N-ethyl adjacent to an activating group) is 1. The zero-order valence-corrected chi connectivity index (χ0v) is 11.3. The van der Waals surface area contributed by atoms with Crippen LogP contribution >= 0.6 is 11.3 Å². The van der Waals surface area contributed by atoms with Crippen LogP contribution in [-0.4, -0.2) is 42.0 Å². The highest BCUT2D eigenvalue weighted by molar-refractivity contribution is 7.18. The van der Waals surface area contributed by atoms with Crippen LogP contribution in [0.2, 0.25) is 0 Å². The van der Waals surface area contributed by atoms with Crippen molar-refractivity contribution in [1.82, 2.24) is 15.2 Å². The van der Waals surface area contributed by atoms with Gasteiger partial charge >= 0.3 is 0 Å². The molecule has 0 atom stereocenters. The third kappa shape index (κ3) is 2.11. The predicted octanol–water partition coefficient (Wildman–Crippen LogP) is 1.65. The minimum Gasteiger partial charge on any atom is -0.347 e. The number of nitrogens with one attached hydrogen (secondary N) is 1. The fourth-order valence-electron chi connectivity index (χ4n) is 2.24. The number of likely N-dealkylation sites (tertiary alicyclic amines) is 1. The maximum Gasteiger partial charge on any atom is 0.251 e. The first-order valence-corrected chi connectivity index (χ1v) is 6.80. The summed E-state index contributed by atoms with van der Waals surface area (Å²) < 4.78 is 1.07. The van der Waals surface area contributed by atoms with Gasteiger partial charge < -0.3 is 10.2 Å². The first-order chi connectivity index (χ1) is 8.61. The lowest BCUT2D eigenvalue weighted by atomic mass is 10.1. The quantitative estimate of drug-likeness (QED) is 0.894. The molecule has 1 aromatic heterocycles. The van der Waals surface area contributed by atoms with Crippen LogP contribution in [0.15, 0.2) is 18.2 Å². The van der Waals surface area contributed by atoms with E-state index in [1.165, 1.54) is 0 Å². The minimum absolute atomic E-state index is 0.0149. The normalized spacial score (nSPS) is 16.8. The smallest absolute Gasteiger partial charge is 0.251 e. The number of hydrogen-bond acceptors (Lipinski definition) is 4. The Kier molecular flexibility index (Phi) is 2.80. The standard InChI is InChI=1S/C13H15N3OS/c1-8-14-11-4-3-9(5-12(11)18-8)13(17)15-10-6-16(2)7-10/h3-5,10H,6-7H2,1-2H3,(H,15,17). The summed E-state index contributed by atoms with van der Waals surface area (Å²) in [5.41, 5.74) is 1.69. The van der Waals surface area contributed by atoms with Crippen molar-refractivity contribution in [3.63, 3.8) is 0 Å². The van der Waals surface area contributed by atoms with Crippen molar-refractivity contribution >= 4 is 27.5 Å². The van der Waals surface area contributed by atoms with E-state index in [1.54, 1.807) is 11.3 Å². The summed E-state index contributed by atoms with van der Waals surface area (Å²) in [6.45, 7) is 3.86. The van der Waals surface area contributed by atoms with Crippen LogP contribution in [0.4, 0.5) is 0 Å². The van der Waals surface area contributed by atoms with Crippen LogP contribution in [0.1, 0.15) is 15.4 Å². The van der Waals surface area contributed by atoms with E-state index in [-0.39, 0.29) is 5.91 Å². The molecule has 0 saturated carbocycles. The van der Waals surface area contributed by atoms with Crippen molar-refractivity contribution in [2.45, 2.75) is 13.0 Å². The molecular weight excluding hydrogens is 246 g/mol. The molecule has 0 bridgehead atoms. The second kappa shape index (κ2) is 4.33.